The zero-order chi connectivity index (χ0) is 9.07. The molecule has 0 heterocycles. The van der Waals surface area contributed by atoms with E-state index in [1.54, 1.807) is 0 Å². The Kier molecular flexibility index (Phi) is 3.69. The smallest absolute Gasteiger partial charge is 0.148 e. The van der Waals surface area contributed by atoms with Gasteiger partial charge in [-0.1, -0.05) is 0 Å². The van der Waals surface area contributed by atoms with Gasteiger partial charge in [-0.2, -0.15) is 0 Å². The van der Waals surface area contributed by atoms with Crippen LogP contribution in [-0.4, -0.2) is 24.0 Å². The summed E-state index contributed by atoms with van der Waals surface area (Å²) in [5.74, 6) is -0.0331. The van der Waals surface area contributed by atoms with Crippen LogP contribution in [0.2, 0.25) is 0 Å². The van der Waals surface area contributed by atoms with Crippen LogP contribution in [0.1, 0.15) is 27.7 Å². The fraction of sp³-hybridized carbons (Fsp3) is 0.875. The summed E-state index contributed by atoms with van der Waals surface area (Å²) in [6.07, 6.45) is 0. The molecule has 3 heteroatoms. The first-order valence-electron chi connectivity index (χ1n) is 3.73. The Bertz CT molecular complexity index is 138. The van der Waals surface area contributed by atoms with Gasteiger partial charge in [0.05, 0.1) is 18.2 Å². The number of hydrogen-bond acceptors (Lipinski definition) is 3. The van der Waals surface area contributed by atoms with Gasteiger partial charge in [-0.15, -0.1) is 0 Å². The molecular weight excluding hydrogens is 142 g/mol. The van der Waals surface area contributed by atoms with Crippen molar-refractivity contribution >= 4 is 5.78 Å². The number of rotatable bonds is 3. The molecule has 0 spiro atoms. The first-order chi connectivity index (χ1) is 4.83. The molecule has 66 valence electrons. The number of carbonyl (C=O) groups excluding carboxylic acids is 1. The molecule has 0 saturated heterocycles. The van der Waals surface area contributed by atoms with Crippen molar-refractivity contribution in [2.45, 2.75) is 39.3 Å². The van der Waals surface area contributed by atoms with E-state index in [1.165, 1.54) is 6.92 Å². The highest BCUT2D eigenvalue weighted by atomic mass is 16.5. The summed E-state index contributed by atoms with van der Waals surface area (Å²) >= 11 is 0. The summed E-state index contributed by atoms with van der Waals surface area (Å²) in [6.45, 7) is 7.56. The molecule has 0 unspecified atom stereocenters. The zero-order valence-corrected chi connectivity index (χ0v) is 7.68. The second-order valence-corrected chi connectivity index (χ2v) is 3.64. The lowest BCUT2D eigenvalue weighted by molar-refractivity contribution is -0.120. The summed E-state index contributed by atoms with van der Waals surface area (Å²) in [5.41, 5.74) is 5.23. The van der Waals surface area contributed by atoms with E-state index in [-0.39, 0.29) is 11.4 Å². The maximum Gasteiger partial charge on any atom is 0.148 e. The molecule has 0 radical (unpaired) electrons. The van der Waals surface area contributed by atoms with Crippen LogP contribution >= 0.6 is 0 Å². The largest absolute Gasteiger partial charge is 0.374 e. The zero-order valence-electron chi connectivity index (χ0n) is 7.68. The van der Waals surface area contributed by atoms with E-state index in [0.29, 0.717) is 6.61 Å². The Balaban J connectivity index is 3.63. The van der Waals surface area contributed by atoms with Gasteiger partial charge in [0.25, 0.3) is 0 Å². The average molecular weight is 159 g/mol. The standard InChI is InChI=1S/C8H17NO2/c1-6(10)7(9)5-11-8(2,3)4/h7H,5,9H2,1-4H3/t7-/m1/s1. The number of carbonyl (C=O) groups is 1. The molecule has 0 aliphatic rings. The minimum Gasteiger partial charge on any atom is -0.374 e. The van der Waals surface area contributed by atoms with Crippen LogP contribution < -0.4 is 5.73 Å². The van der Waals surface area contributed by atoms with E-state index in [9.17, 15) is 4.79 Å². The average Bonchev–Trinajstić information content (AvgIpc) is 1.80. The predicted molar refractivity (Wildman–Crippen MR) is 44.4 cm³/mol. The van der Waals surface area contributed by atoms with Crippen LogP contribution in [0.4, 0.5) is 0 Å². The molecule has 1 atom stereocenters. The van der Waals surface area contributed by atoms with Crippen molar-refractivity contribution in [3.05, 3.63) is 0 Å². The summed E-state index contributed by atoms with van der Waals surface area (Å²) in [6, 6.07) is -0.478. The SMILES string of the molecule is CC(=O)[C@H](N)COC(C)(C)C. The van der Waals surface area contributed by atoms with Crippen LogP contribution in [-0.2, 0) is 9.53 Å². The molecule has 0 fully saturated rings. The molecule has 0 aliphatic carbocycles. The molecule has 2 N–H and O–H groups in total. The van der Waals surface area contributed by atoms with Crippen molar-refractivity contribution in [2.24, 2.45) is 5.73 Å². The van der Waals surface area contributed by atoms with E-state index in [0.717, 1.165) is 0 Å². The molecule has 0 aromatic rings. The topological polar surface area (TPSA) is 52.3 Å². The fourth-order valence-electron chi connectivity index (χ4n) is 0.457. The lowest BCUT2D eigenvalue weighted by Gasteiger charge is -2.21. The lowest BCUT2D eigenvalue weighted by Crippen LogP contribution is -2.36. The number of ketones is 1. The van der Waals surface area contributed by atoms with Gasteiger partial charge in [-0.3, -0.25) is 4.79 Å². The minimum atomic E-state index is -0.478. The first kappa shape index (κ1) is 10.6. The van der Waals surface area contributed by atoms with E-state index in [2.05, 4.69) is 0 Å². The van der Waals surface area contributed by atoms with Gasteiger partial charge in [0.2, 0.25) is 0 Å². The third-order valence-electron chi connectivity index (χ3n) is 1.22. The lowest BCUT2D eigenvalue weighted by atomic mass is 10.2. The number of ether oxygens (including phenoxy) is 1. The minimum absolute atomic E-state index is 0.0331. The molecule has 0 aliphatic heterocycles. The predicted octanol–water partition coefficient (Wildman–Crippen LogP) is 0.718. The summed E-state index contributed by atoms with van der Waals surface area (Å²) in [5, 5.41) is 0. The second kappa shape index (κ2) is 3.83. The Hall–Kier alpha value is -0.410. The van der Waals surface area contributed by atoms with Crippen molar-refractivity contribution in [3.63, 3.8) is 0 Å². The van der Waals surface area contributed by atoms with Gasteiger partial charge in [-0.05, 0) is 27.7 Å². The summed E-state index contributed by atoms with van der Waals surface area (Å²) in [4.78, 5) is 10.7. The van der Waals surface area contributed by atoms with Gasteiger partial charge in [0.15, 0.2) is 0 Å². The highest BCUT2D eigenvalue weighted by molar-refractivity contribution is 5.81. The van der Waals surface area contributed by atoms with Crippen molar-refractivity contribution in [1.29, 1.82) is 0 Å². The normalized spacial score (nSPS) is 14.6. The third-order valence-corrected chi connectivity index (χ3v) is 1.22. The van der Waals surface area contributed by atoms with E-state index in [4.69, 9.17) is 10.5 Å². The first-order valence-corrected chi connectivity index (χ1v) is 3.73. The van der Waals surface area contributed by atoms with Gasteiger partial charge in [-0.25, -0.2) is 0 Å². The van der Waals surface area contributed by atoms with Crippen molar-refractivity contribution in [3.8, 4) is 0 Å². The van der Waals surface area contributed by atoms with Crippen LogP contribution in [0.25, 0.3) is 0 Å². The number of Topliss-reactive ketones (excluding diaryl/α,β-unsaturated/α-hetero) is 1. The quantitative estimate of drug-likeness (QED) is 0.660. The molecule has 0 aromatic carbocycles. The van der Waals surface area contributed by atoms with Crippen molar-refractivity contribution in [2.75, 3.05) is 6.61 Å². The van der Waals surface area contributed by atoms with Crippen LogP contribution in [0.5, 0.6) is 0 Å². The number of hydrogen-bond donors (Lipinski definition) is 1. The Labute approximate surface area is 67.9 Å². The van der Waals surface area contributed by atoms with Crippen LogP contribution in [0.15, 0.2) is 0 Å². The highest BCUT2D eigenvalue weighted by Crippen LogP contribution is 2.06. The van der Waals surface area contributed by atoms with E-state index < -0.39 is 6.04 Å². The second-order valence-electron chi connectivity index (χ2n) is 3.64. The van der Waals surface area contributed by atoms with Gasteiger partial charge < -0.3 is 10.5 Å². The molecule has 0 saturated carbocycles. The van der Waals surface area contributed by atoms with E-state index in [1.807, 2.05) is 20.8 Å². The molecule has 0 rings (SSSR count). The third kappa shape index (κ3) is 6.01. The summed E-state index contributed by atoms with van der Waals surface area (Å²) < 4.78 is 5.31. The van der Waals surface area contributed by atoms with Crippen LogP contribution in [0.3, 0.4) is 0 Å². The maximum atomic E-state index is 10.7. The van der Waals surface area contributed by atoms with Gasteiger partial charge in [0, 0.05) is 0 Å². The Morgan fingerprint density at radius 2 is 2.00 bits per heavy atom. The maximum absolute atomic E-state index is 10.7. The Morgan fingerprint density at radius 1 is 1.55 bits per heavy atom. The fourth-order valence-corrected chi connectivity index (χ4v) is 0.457. The monoisotopic (exact) mass is 159 g/mol. The van der Waals surface area contributed by atoms with Crippen molar-refractivity contribution in [1.82, 2.24) is 0 Å². The molecular formula is C8H17NO2. The van der Waals surface area contributed by atoms with Crippen LogP contribution in [0, 0.1) is 0 Å². The molecule has 0 bridgehead atoms. The van der Waals surface area contributed by atoms with Crippen molar-refractivity contribution < 1.29 is 9.53 Å². The van der Waals surface area contributed by atoms with E-state index >= 15 is 0 Å². The molecule has 0 amide bonds. The molecule has 3 nitrogen and oxygen atoms in total. The van der Waals surface area contributed by atoms with Gasteiger partial charge >= 0.3 is 0 Å². The number of nitrogens with two attached hydrogens (primary N) is 1. The Morgan fingerprint density at radius 3 is 2.27 bits per heavy atom. The van der Waals surface area contributed by atoms with Gasteiger partial charge in [0.1, 0.15) is 5.78 Å². The highest BCUT2D eigenvalue weighted by Gasteiger charge is 2.14. The summed E-state index contributed by atoms with van der Waals surface area (Å²) in [7, 11) is 0. The molecule has 0 aromatic heterocycles. The molecule has 11 heavy (non-hydrogen) atoms.